The van der Waals surface area contributed by atoms with Crippen molar-refractivity contribution in [1.29, 1.82) is 0 Å². The van der Waals surface area contributed by atoms with Crippen LogP contribution in [0.3, 0.4) is 0 Å². The van der Waals surface area contributed by atoms with E-state index in [2.05, 4.69) is 39.8 Å². The van der Waals surface area contributed by atoms with E-state index in [0.29, 0.717) is 36.7 Å². The summed E-state index contributed by atoms with van der Waals surface area (Å²) in [6.45, 7) is 8.62. The summed E-state index contributed by atoms with van der Waals surface area (Å²) in [5, 5.41) is 15.7. The molecule has 0 spiro atoms. The Balaban J connectivity index is 1.25. The standard InChI is InChI=1S/C31H33FN4O4S/c1-31(2,3)40-30(37)36-11-12-38-23(17-36)18-39-26-15-22(32)6-7-24(26)28-29-25(9-13-41-29)27(34-35-28)20-4-5-21-16-33-10-8-19(21)14-20/h4-7,9,13-15,23,33H,8,10-12,16-18H2,1-3H3. The number of morpholine rings is 1. The Morgan fingerprint density at radius 1 is 1.15 bits per heavy atom. The number of carbonyl (C=O) groups is 1. The third-order valence-electron chi connectivity index (χ3n) is 7.17. The average Bonchev–Trinajstić information content (AvgIpc) is 3.45. The van der Waals surface area contributed by atoms with Crippen molar-refractivity contribution in [1.82, 2.24) is 20.4 Å². The topological polar surface area (TPSA) is 85.8 Å². The van der Waals surface area contributed by atoms with Gasteiger partial charge < -0.3 is 24.4 Å². The van der Waals surface area contributed by atoms with Crippen molar-refractivity contribution in [3.63, 3.8) is 0 Å². The molecule has 214 valence electrons. The summed E-state index contributed by atoms with van der Waals surface area (Å²) in [5.74, 6) is -0.0692. The number of carbonyl (C=O) groups excluding carboxylic acids is 1. The Bertz CT molecular complexity index is 1580. The van der Waals surface area contributed by atoms with Crippen molar-refractivity contribution in [3.05, 3.63) is 64.8 Å². The molecule has 10 heteroatoms. The first-order valence-electron chi connectivity index (χ1n) is 13.8. The molecule has 0 aliphatic carbocycles. The molecule has 8 nitrogen and oxygen atoms in total. The van der Waals surface area contributed by atoms with Gasteiger partial charge in [0.2, 0.25) is 0 Å². The molecule has 2 aromatic heterocycles. The van der Waals surface area contributed by atoms with Gasteiger partial charge in [-0.2, -0.15) is 0 Å². The number of fused-ring (bicyclic) bond motifs is 2. The fourth-order valence-electron chi connectivity index (χ4n) is 5.20. The maximum atomic E-state index is 14.4. The molecule has 1 saturated heterocycles. The van der Waals surface area contributed by atoms with E-state index in [-0.39, 0.29) is 18.8 Å². The van der Waals surface area contributed by atoms with Crippen LogP contribution < -0.4 is 10.1 Å². The number of rotatable bonds is 5. The van der Waals surface area contributed by atoms with Crippen LogP contribution in [-0.2, 0) is 22.4 Å². The predicted octanol–water partition coefficient (Wildman–Crippen LogP) is 5.82. The lowest BCUT2D eigenvalue weighted by Crippen LogP contribution is -2.49. The van der Waals surface area contributed by atoms with Crippen LogP contribution >= 0.6 is 11.3 Å². The van der Waals surface area contributed by atoms with Crippen LogP contribution in [0.5, 0.6) is 5.75 Å². The molecule has 6 rings (SSSR count). The molecule has 4 heterocycles. The fourth-order valence-corrected chi connectivity index (χ4v) is 6.09. The number of hydrogen-bond donors (Lipinski definition) is 1. The third kappa shape index (κ3) is 6.05. The smallest absolute Gasteiger partial charge is 0.410 e. The molecule has 0 bridgehead atoms. The minimum absolute atomic E-state index is 0.138. The zero-order chi connectivity index (χ0) is 28.6. The molecule has 41 heavy (non-hydrogen) atoms. The first-order valence-corrected chi connectivity index (χ1v) is 14.7. The molecule has 0 radical (unpaired) electrons. The van der Waals surface area contributed by atoms with Crippen LogP contribution in [-0.4, -0.2) is 65.7 Å². The number of nitrogens with one attached hydrogen (secondary N) is 1. The van der Waals surface area contributed by atoms with Crippen molar-refractivity contribution in [2.24, 2.45) is 0 Å². The van der Waals surface area contributed by atoms with Gasteiger partial charge in [0, 0.05) is 35.7 Å². The highest BCUT2D eigenvalue weighted by atomic mass is 32.1. The zero-order valence-electron chi connectivity index (χ0n) is 23.4. The quantitative estimate of drug-likeness (QED) is 0.320. The Morgan fingerprint density at radius 2 is 2.00 bits per heavy atom. The summed E-state index contributed by atoms with van der Waals surface area (Å²) in [7, 11) is 0. The summed E-state index contributed by atoms with van der Waals surface area (Å²) in [6, 6.07) is 13.0. The van der Waals surface area contributed by atoms with Crippen molar-refractivity contribution < 1.29 is 23.4 Å². The van der Waals surface area contributed by atoms with Crippen LogP contribution in [0.15, 0.2) is 47.8 Å². The van der Waals surface area contributed by atoms with Gasteiger partial charge in [0.25, 0.3) is 0 Å². The Hall–Kier alpha value is -3.60. The monoisotopic (exact) mass is 576 g/mol. The maximum absolute atomic E-state index is 14.4. The second-order valence-electron chi connectivity index (χ2n) is 11.3. The van der Waals surface area contributed by atoms with Gasteiger partial charge in [-0.05, 0) is 74.5 Å². The molecule has 1 unspecified atom stereocenters. The van der Waals surface area contributed by atoms with Crippen LogP contribution in [0.2, 0.25) is 0 Å². The van der Waals surface area contributed by atoms with Crippen molar-refractivity contribution in [2.45, 2.75) is 45.4 Å². The van der Waals surface area contributed by atoms with E-state index in [1.165, 1.54) is 23.3 Å². The second kappa shape index (κ2) is 11.3. The summed E-state index contributed by atoms with van der Waals surface area (Å²) in [5.41, 5.74) is 5.21. The van der Waals surface area contributed by atoms with Gasteiger partial charge in [0.1, 0.15) is 41.3 Å². The molecule has 1 atom stereocenters. The van der Waals surface area contributed by atoms with Crippen LogP contribution in [0.25, 0.3) is 32.6 Å². The number of thiophene rings is 1. The number of amides is 1. The lowest BCUT2D eigenvalue weighted by Gasteiger charge is -2.34. The van der Waals surface area contributed by atoms with Gasteiger partial charge in [0.05, 0.1) is 17.9 Å². The SMILES string of the molecule is CC(C)(C)OC(=O)N1CCOC(COc2cc(F)ccc2-c2nnc(-c3ccc4c(c3)CCNC4)c3ccsc23)C1. The summed E-state index contributed by atoms with van der Waals surface area (Å²) >= 11 is 1.57. The van der Waals surface area contributed by atoms with Crippen molar-refractivity contribution >= 4 is 27.5 Å². The Labute approximate surface area is 242 Å². The van der Waals surface area contributed by atoms with E-state index in [4.69, 9.17) is 14.2 Å². The van der Waals surface area contributed by atoms with Gasteiger partial charge in [0.15, 0.2) is 0 Å². The molecular formula is C31H33FN4O4S. The number of halogens is 1. The summed E-state index contributed by atoms with van der Waals surface area (Å²) < 4.78 is 32.9. The van der Waals surface area contributed by atoms with E-state index < -0.39 is 11.4 Å². The van der Waals surface area contributed by atoms with Gasteiger partial charge in [-0.15, -0.1) is 21.5 Å². The van der Waals surface area contributed by atoms with E-state index in [1.807, 2.05) is 26.2 Å². The van der Waals surface area contributed by atoms with Crippen LogP contribution in [0.1, 0.15) is 31.9 Å². The van der Waals surface area contributed by atoms with Gasteiger partial charge in [-0.1, -0.05) is 12.1 Å². The molecule has 1 fully saturated rings. The van der Waals surface area contributed by atoms with Gasteiger partial charge >= 0.3 is 6.09 Å². The first-order chi connectivity index (χ1) is 19.7. The highest BCUT2D eigenvalue weighted by Gasteiger charge is 2.29. The van der Waals surface area contributed by atoms with Gasteiger partial charge in [-0.3, -0.25) is 0 Å². The first kappa shape index (κ1) is 27.6. The number of hydrogen-bond acceptors (Lipinski definition) is 8. The molecule has 1 N–H and O–H groups in total. The molecule has 0 saturated carbocycles. The van der Waals surface area contributed by atoms with E-state index in [9.17, 15) is 9.18 Å². The number of ether oxygens (including phenoxy) is 3. The Morgan fingerprint density at radius 3 is 2.85 bits per heavy atom. The molecular weight excluding hydrogens is 543 g/mol. The largest absolute Gasteiger partial charge is 0.490 e. The maximum Gasteiger partial charge on any atom is 0.410 e. The van der Waals surface area contributed by atoms with Crippen LogP contribution in [0.4, 0.5) is 9.18 Å². The lowest BCUT2D eigenvalue weighted by atomic mass is 9.96. The van der Waals surface area contributed by atoms with E-state index in [0.717, 1.165) is 40.9 Å². The van der Waals surface area contributed by atoms with Gasteiger partial charge in [-0.25, -0.2) is 9.18 Å². The minimum atomic E-state index is -0.584. The summed E-state index contributed by atoms with van der Waals surface area (Å²) in [4.78, 5) is 14.2. The average molecular weight is 577 g/mol. The highest BCUT2D eigenvalue weighted by Crippen LogP contribution is 2.39. The summed E-state index contributed by atoms with van der Waals surface area (Å²) in [6.07, 6.45) is 0.211. The number of nitrogens with zero attached hydrogens (tertiary/aromatic N) is 3. The number of benzene rings is 2. The molecule has 2 aromatic carbocycles. The van der Waals surface area contributed by atoms with Crippen LogP contribution in [0, 0.1) is 5.82 Å². The molecule has 1 amide bonds. The normalized spacial score (nSPS) is 17.4. The molecule has 2 aliphatic rings. The van der Waals surface area contributed by atoms with E-state index in [1.54, 1.807) is 22.3 Å². The zero-order valence-corrected chi connectivity index (χ0v) is 24.2. The van der Waals surface area contributed by atoms with Crippen molar-refractivity contribution in [2.75, 3.05) is 32.8 Å². The molecule has 2 aliphatic heterocycles. The second-order valence-corrected chi connectivity index (χ2v) is 12.3. The minimum Gasteiger partial charge on any atom is -0.490 e. The third-order valence-corrected chi connectivity index (χ3v) is 8.09. The lowest BCUT2D eigenvalue weighted by molar-refractivity contribution is -0.0556. The van der Waals surface area contributed by atoms with E-state index >= 15 is 0 Å². The highest BCUT2D eigenvalue weighted by molar-refractivity contribution is 7.17. The predicted molar refractivity (Wildman–Crippen MR) is 157 cm³/mol. The Kier molecular flexibility index (Phi) is 7.63. The van der Waals surface area contributed by atoms with Crippen molar-refractivity contribution in [3.8, 4) is 28.3 Å². The molecule has 4 aromatic rings. The fraction of sp³-hybridized carbons (Fsp3) is 0.387. The number of aromatic nitrogens is 2.